The molecule has 3 N–H and O–H groups in total. The van der Waals surface area contributed by atoms with Gasteiger partial charge in [-0.3, -0.25) is 4.79 Å². The summed E-state index contributed by atoms with van der Waals surface area (Å²) in [6.07, 6.45) is 4.38. The van der Waals surface area contributed by atoms with E-state index in [-0.39, 0.29) is 23.5 Å². The Morgan fingerprint density at radius 3 is 2.66 bits per heavy atom. The summed E-state index contributed by atoms with van der Waals surface area (Å²) in [7, 11) is 0. The Bertz CT molecular complexity index is 1390. The summed E-state index contributed by atoms with van der Waals surface area (Å²) in [6, 6.07) is 3.44. The van der Waals surface area contributed by atoms with Gasteiger partial charge >= 0.3 is 0 Å². The van der Waals surface area contributed by atoms with Crippen LogP contribution in [0, 0.1) is 12.7 Å². The van der Waals surface area contributed by atoms with Crippen LogP contribution in [0.25, 0.3) is 33.2 Å². The number of alkyl halides is 2. The molecule has 184 valence electrons. The van der Waals surface area contributed by atoms with Gasteiger partial charge in [-0.25, -0.2) is 23.1 Å². The molecule has 1 amide bonds. The van der Waals surface area contributed by atoms with Crippen LogP contribution in [0.1, 0.15) is 38.4 Å². The average Bonchev–Trinajstić information content (AvgIpc) is 3.36. The van der Waals surface area contributed by atoms with Gasteiger partial charge < -0.3 is 20.2 Å². The smallest absolute Gasteiger partial charge is 0.256 e. The third-order valence-corrected chi connectivity index (χ3v) is 6.53. The van der Waals surface area contributed by atoms with Crippen LogP contribution in [0.5, 0.6) is 0 Å². The number of H-pyrrole nitrogens is 1. The number of anilines is 1. The lowest BCUT2D eigenvalue weighted by molar-refractivity contribution is -0.119. The van der Waals surface area contributed by atoms with Crippen molar-refractivity contribution >= 4 is 33.9 Å². The number of aromatic nitrogens is 5. The number of aryl methyl sites for hydroxylation is 1. The number of amides is 1. The second-order valence-corrected chi connectivity index (χ2v) is 9.04. The van der Waals surface area contributed by atoms with E-state index < -0.39 is 18.8 Å². The largest absolute Gasteiger partial charge is 0.354 e. The van der Waals surface area contributed by atoms with Crippen LogP contribution < -0.4 is 10.6 Å². The first kappa shape index (κ1) is 23.1. The van der Waals surface area contributed by atoms with Crippen molar-refractivity contribution in [1.29, 1.82) is 0 Å². The predicted octanol–water partition coefficient (Wildman–Crippen LogP) is 4.55. The Labute approximate surface area is 199 Å². The summed E-state index contributed by atoms with van der Waals surface area (Å²) >= 11 is 0. The van der Waals surface area contributed by atoms with Gasteiger partial charge in [-0.2, -0.15) is 4.98 Å². The second kappa shape index (κ2) is 9.20. The predicted molar refractivity (Wildman–Crippen MR) is 127 cm³/mol. The molecular formula is C24H26F3N7O. The summed E-state index contributed by atoms with van der Waals surface area (Å²) in [5.41, 5.74) is 2.18. The van der Waals surface area contributed by atoms with Crippen LogP contribution in [0.2, 0.25) is 0 Å². The van der Waals surface area contributed by atoms with Gasteiger partial charge in [-0.15, -0.1) is 0 Å². The molecule has 35 heavy (non-hydrogen) atoms. The number of hydrogen-bond acceptors (Lipinski definition) is 5. The first-order valence-corrected chi connectivity index (χ1v) is 11.6. The van der Waals surface area contributed by atoms with Gasteiger partial charge in [-0.05, 0) is 50.3 Å². The van der Waals surface area contributed by atoms with E-state index >= 15 is 0 Å². The molecule has 0 atom stereocenters. The third kappa shape index (κ3) is 4.67. The van der Waals surface area contributed by atoms with Crippen LogP contribution in [0.15, 0.2) is 24.5 Å². The van der Waals surface area contributed by atoms with Crippen molar-refractivity contribution in [3.05, 3.63) is 36.2 Å². The third-order valence-electron chi connectivity index (χ3n) is 6.53. The molecule has 1 aliphatic rings. The van der Waals surface area contributed by atoms with Crippen LogP contribution in [-0.4, -0.2) is 48.9 Å². The summed E-state index contributed by atoms with van der Waals surface area (Å²) in [5, 5.41) is 7.02. The quantitative estimate of drug-likeness (QED) is 0.372. The molecular weight excluding hydrogens is 459 g/mol. The number of fused-ring (bicyclic) bond motifs is 2. The van der Waals surface area contributed by atoms with E-state index in [9.17, 15) is 18.0 Å². The van der Waals surface area contributed by atoms with Crippen LogP contribution in [-0.2, 0) is 11.3 Å². The van der Waals surface area contributed by atoms with Crippen molar-refractivity contribution in [1.82, 2.24) is 29.8 Å². The number of imidazole rings is 1. The zero-order chi connectivity index (χ0) is 24.7. The van der Waals surface area contributed by atoms with E-state index in [1.807, 2.05) is 0 Å². The normalized spacial score (nSPS) is 18.5. The molecule has 0 radical (unpaired) electrons. The van der Waals surface area contributed by atoms with Crippen molar-refractivity contribution in [2.24, 2.45) is 0 Å². The van der Waals surface area contributed by atoms with Crippen molar-refractivity contribution in [3.8, 4) is 11.1 Å². The number of benzene rings is 1. The lowest BCUT2D eigenvalue weighted by atomic mass is 9.91. The first-order chi connectivity index (χ1) is 16.8. The molecule has 1 saturated carbocycles. The van der Waals surface area contributed by atoms with Crippen molar-refractivity contribution in [3.63, 3.8) is 0 Å². The lowest BCUT2D eigenvalue weighted by Crippen LogP contribution is -2.39. The summed E-state index contributed by atoms with van der Waals surface area (Å²) in [5.74, 6) is 0.240. The molecule has 0 unspecified atom stereocenters. The fourth-order valence-corrected chi connectivity index (χ4v) is 4.89. The molecule has 8 nitrogen and oxygen atoms in total. The van der Waals surface area contributed by atoms with Gasteiger partial charge in [0.05, 0.1) is 12.1 Å². The number of carbonyl (C=O) groups is 1. The fourth-order valence-electron chi connectivity index (χ4n) is 4.89. The van der Waals surface area contributed by atoms with Crippen molar-refractivity contribution in [2.45, 2.75) is 64.6 Å². The highest BCUT2D eigenvalue weighted by atomic mass is 19.3. The van der Waals surface area contributed by atoms with E-state index in [0.29, 0.717) is 39.4 Å². The number of nitrogens with one attached hydrogen (secondary N) is 3. The van der Waals surface area contributed by atoms with Gasteiger partial charge in [0.25, 0.3) is 6.43 Å². The lowest BCUT2D eigenvalue weighted by Gasteiger charge is -2.29. The maximum absolute atomic E-state index is 14.9. The average molecular weight is 486 g/mol. The molecule has 3 aromatic heterocycles. The molecule has 1 aromatic carbocycles. The summed E-state index contributed by atoms with van der Waals surface area (Å²) in [4.78, 5) is 27.5. The minimum Gasteiger partial charge on any atom is -0.354 e. The molecule has 0 spiro atoms. The highest BCUT2D eigenvalue weighted by Crippen LogP contribution is 2.32. The Morgan fingerprint density at radius 1 is 1.20 bits per heavy atom. The number of rotatable bonds is 6. The van der Waals surface area contributed by atoms with Crippen LogP contribution in [0.4, 0.5) is 19.1 Å². The van der Waals surface area contributed by atoms with Gasteiger partial charge in [0.2, 0.25) is 11.9 Å². The zero-order valence-corrected chi connectivity index (χ0v) is 19.4. The van der Waals surface area contributed by atoms with Crippen molar-refractivity contribution < 1.29 is 18.0 Å². The molecule has 0 bridgehead atoms. The molecule has 1 aliphatic carbocycles. The zero-order valence-electron chi connectivity index (χ0n) is 19.4. The summed E-state index contributed by atoms with van der Waals surface area (Å²) < 4.78 is 42.3. The minimum atomic E-state index is -2.58. The Kier molecular flexibility index (Phi) is 6.08. The second-order valence-electron chi connectivity index (χ2n) is 9.04. The van der Waals surface area contributed by atoms with Gasteiger partial charge in [0.1, 0.15) is 17.0 Å². The number of nitrogens with zero attached hydrogens (tertiary/aromatic N) is 4. The molecule has 5 rings (SSSR count). The molecule has 1 fully saturated rings. The van der Waals surface area contributed by atoms with E-state index in [1.54, 1.807) is 25.4 Å². The van der Waals surface area contributed by atoms with Crippen molar-refractivity contribution in [2.75, 3.05) is 5.32 Å². The number of halogens is 3. The molecule has 3 heterocycles. The van der Waals surface area contributed by atoms with Gasteiger partial charge in [0, 0.05) is 42.4 Å². The van der Waals surface area contributed by atoms with Crippen LogP contribution in [0.3, 0.4) is 0 Å². The topological polar surface area (TPSA) is 101 Å². The Balaban J connectivity index is 1.39. The van der Waals surface area contributed by atoms with Crippen LogP contribution >= 0.6 is 0 Å². The molecule has 4 aromatic rings. The monoisotopic (exact) mass is 485 g/mol. The SMILES string of the molecule is CC(=O)NC1CCC(Nc2ncc3c(-c4cc(F)c5nc(C)n(CC(F)F)c5c4)c[nH]c3n2)CC1. The fraction of sp³-hybridized carbons (Fsp3) is 0.417. The standard InChI is InChI=1S/C24H26F3N7O/c1-12-30-22-19(25)7-14(8-20(22)34(12)11-21(26)27)17-9-28-23-18(17)10-29-24(33-23)32-16-5-3-15(4-6-16)31-13(2)35/h7-10,15-16,21H,3-6,11H2,1-2H3,(H,31,35)(H2,28,29,32,33). The number of carbonyl (C=O) groups excluding carboxylic acids is 1. The first-order valence-electron chi connectivity index (χ1n) is 11.6. The summed E-state index contributed by atoms with van der Waals surface area (Å²) in [6.45, 7) is 2.56. The van der Waals surface area contributed by atoms with Gasteiger partial charge in [0.15, 0.2) is 5.82 Å². The highest BCUT2D eigenvalue weighted by Gasteiger charge is 2.23. The molecule has 0 saturated heterocycles. The van der Waals surface area contributed by atoms with E-state index in [2.05, 4.69) is 30.6 Å². The number of hydrogen-bond donors (Lipinski definition) is 3. The number of aromatic amines is 1. The van der Waals surface area contributed by atoms with E-state index in [1.165, 1.54) is 17.6 Å². The van der Waals surface area contributed by atoms with E-state index in [0.717, 1.165) is 25.7 Å². The van der Waals surface area contributed by atoms with Gasteiger partial charge in [-0.1, -0.05) is 0 Å². The molecule has 0 aliphatic heterocycles. The highest BCUT2D eigenvalue weighted by molar-refractivity contribution is 5.96. The minimum absolute atomic E-state index is 0.00890. The maximum atomic E-state index is 14.9. The Morgan fingerprint density at radius 2 is 1.94 bits per heavy atom. The van der Waals surface area contributed by atoms with E-state index in [4.69, 9.17) is 0 Å². The molecule has 11 heteroatoms. The maximum Gasteiger partial charge on any atom is 0.256 e. The Hall–Kier alpha value is -3.63.